The van der Waals surface area contributed by atoms with Crippen LogP contribution in [0.4, 0.5) is 16.2 Å². The number of hydrogen-bond donors (Lipinski definition) is 2. The number of nitrogens with one attached hydrogen (secondary N) is 1. The molecule has 0 aromatic heterocycles. The van der Waals surface area contributed by atoms with Crippen molar-refractivity contribution in [3.8, 4) is 5.75 Å². The van der Waals surface area contributed by atoms with Gasteiger partial charge in [0.05, 0.1) is 12.2 Å². The number of rotatable bonds is 4. The molecule has 0 radical (unpaired) electrons. The van der Waals surface area contributed by atoms with Gasteiger partial charge < -0.3 is 15.2 Å². The van der Waals surface area contributed by atoms with Crippen molar-refractivity contribution in [3.05, 3.63) is 53.1 Å². The number of phenolic OH excluding ortho intramolecular Hbond substituents is 1. The number of hydrogen-bond acceptors (Lipinski definition) is 5. The fraction of sp³-hybridized carbons (Fsp3) is 0.333. The number of fused-ring (bicyclic) bond motifs is 1. The number of phenols is 1. The lowest BCUT2D eigenvalue weighted by Crippen LogP contribution is -2.50. The number of carbonyl (C=O) groups is 2. The van der Waals surface area contributed by atoms with Gasteiger partial charge in [0.15, 0.2) is 0 Å². The molecule has 2 aliphatic rings. The van der Waals surface area contributed by atoms with Crippen molar-refractivity contribution in [2.75, 3.05) is 29.9 Å². The van der Waals surface area contributed by atoms with Gasteiger partial charge in [0.25, 0.3) is 0 Å². The van der Waals surface area contributed by atoms with Gasteiger partial charge in [-0.05, 0) is 55.3 Å². The summed E-state index contributed by atoms with van der Waals surface area (Å²) in [5, 5.41) is 12.8. The third-order valence-corrected chi connectivity index (χ3v) is 5.52. The topological polar surface area (TPSA) is 82.1 Å². The van der Waals surface area contributed by atoms with Gasteiger partial charge in [-0.15, -0.1) is 0 Å². The number of amides is 2. The van der Waals surface area contributed by atoms with E-state index in [1.54, 1.807) is 23.1 Å². The Kier molecular flexibility index (Phi) is 5.60. The molecule has 2 amide bonds. The summed E-state index contributed by atoms with van der Waals surface area (Å²) in [5.74, 6) is 0.0525. The van der Waals surface area contributed by atoms with Gasteiger partial charge in [0.2, 0.25) is 5.91 Å². The van der Waals surface area contributed by atoms with Gasteiger partial charge >= 0.3 is 6.09 Å². The summed E-state index contributed by atoms with van der Waals surface area (Å²) in [4.78, 5) is 28.5. The van der Waals surface area contributed by atoms with E-state index in [2.05, 4.69) is 10.2 Å². The van der Waals surface area contributed by atoms with Crippen LogP contribution in [0.1, 0.15) is 18.4 Å². The maximum absolute atomic E-state index is 12.4. The van der Waals surface area contributed by atoms with Crippen LogP contribution in [0.2, 0.25) is 5.02 Å². The lowest BCUT2D eigenvalue weighted by Gasteiger charge is -2.40. The highest BCUT2D eigenvalue weighted by Crippen LogP contribution is 2.33. The fourth-order valence-corrected chi connectivity index (χ4v) is 4.04. The summed E-state index contributed by atoms with van der Waals surface area (Å²) in [5.41, 5.74) is 2.41. The van der Waals surface area contributed by atoms with E-state index in [4.69, 9.17) is 16.3 Å². The zero-order valence-corrected chi connectivity index (χ0v) is 16.6. The van der Waals surface area contributed by atoms with Crippen LogP contribution in [0, 0.1) is 0 Å². The molecule has 0 aliphatic carbocycles. The van der Waals surface area contributed by atoms with Gasteiger partial charge in [-0.25, -0.2) is 4.79 Å². The van der Waals surface area contributed by atoms with E-state index in [9.17, 15) is 14.7 Å². The largest absolute Gasteiger partial charge is 0.508 e. The molecule has 1 fully saturated rings. The molecule has 2 aromatic rings. The van der Waals surface area contributed by atoms with Crippen molar-refractivity contribution in [2.24, 2.45) is 0 Å². The zero-order chi connectivity index (χ0) is 20.4. The molecule has 7 nitrogen and oxygen atoms in total. The van der Waals surface area contributed by atoms with Crippen LogP contribution in [-0.4, -0.2) is 47.7 Å². The minimum atomic E-state index is -0.330. The molecule has 2 heterocycles. The molecule has 2 aliphatic heterocycles. The predicted molar refractivity (Wildman–Crippen MR) is 110 cm³/mol. The summed E-state index contributed by atoms with van der Waals surface area (Å²) >= 11 is 6.06. The lowest BCUT2D eigenvalue weighted by molar-refractivity contribution is -0.117. The molecule has 2 N–H and O–H groups in total. The first kappa shape index (κ1) is 19.5. The maximum Gasteiger partial charge on any atom is 0.414 e. The Morgan fingerprint density at radius 1 is 1.17 bits per heavy atom. The molecule has 0 bridgehead atoms. The minimum absolute atomic E-state index is 0.0270. The quantitative estimate of drug-likeness (QED) is 0.745. The Balaban J connectivity index is 1.34. The van der Waals surface area contributed by atoms with Crippen LogP contribution in [-0.2, 0) is 16.1 Å². The van der Waals surface area contributed by atoms with Crippen molar-refractivity contribution in [3.63, 3.8) is 0 Å². The van der Waals surface area contributed by atoms with Gasteiger partial charge in [-0.2, -0.15) is 0 Å². The smallest absolute Gasteiger partial charge is 0.414 e. The summed E-state index contributed by atoms with van der Waals surface area (Å²) < 4.78 is 5.32. The number of cyclic esters (lactones) is 1. The first-order chi connectivity index (χ1) is 14.0. The number of aromatic hydroxyl groups is 1. The lowest BCUT2D eigenvalue weighted by atomic mass is 10.0. The summed E-state index contributed by atoms with van der Waals surface area (Å²) in [6, 6.07) is 11.9. The molecular formula is C21H22ClN3O4. The van der Waals surface area contributed by atoms with E-state index in [0.29, 0.717) is 23.8 Å². The number of halogens is 1. The van der Waals surface area contributed by atoms with E-state index in [1.807, 2.05) is 12.1 Å². The Morgan fingerprint density at radius 2 is 1.90 bits per heavy atom. The minimum Gasteiger partial charge on any atom is -0.508 e. The van der Waals surface area contributed by atoms with E-state index in [-0.39, 0.29) is 36.9 Å². The molecule has 2 aromatic carbocycles. The van der Waals surface area contributed by atoms with Crippen LogP contribution < -0.4 is 10.2 Å². The number of anilines is 2. The number of nitrogens with zero attached hydrogens (tertiary/aromatic N) is 2. The maximum atomic E-state index is 12.4. The van der Waals surface area contributed by atoms with Crippen molar-refractivity contribution < 1.29 is 19.4 Å². The van der Waals surface area contributed by atoms with Crippen LogP contribution in [0.3, 0.4) is 0 Å². The van der Waals surface area contributed by atoms with E-state index in [0.717, 1.165) is 24.1 Å². The van der Waals surface area contributed by atoms with Gasteiger partial charge in [0, 0.05) is 35.4 Å². The molecule has 29 heavy (non-hydrogen) atoms. The van der Waals surface area contributed by atoms with Crippen LogP contribution in [0.25, 0.3) is 0 Å². The molecule has 0 unspecified atom stereocenters. The number of ether oxygens (including phenoxy) is 1. The highest BCUT2D eigenvalue weighted by Gasteiger charge is 2.34. The summed E-state index contributed by atoms with van der Waals surface area (Å²) in [7, 11) is 0. The average Bonchev–Trinajstić information content (AvgIpc) is 2.71. The molecule has 0 saturated carbocycles. The molecule has 4 rings (SSSR count). The van der Waals surface area contributed by atoms with Crippen LogP contribution in [0.5, 0.6) is 5.75 Å². The van der Waals surface area contributed by atoms with Crippen molar-refractivity contribution in [2.45, 2.75) is 25.5 Å². The average molecular weight is 416 g/mol. The number of piperidine rings is 1. The highest BCUT2D eigenvalue weighted by atomic mass is 35.5. The standard InChI is InChI=1S/C21H22ClN3O4/c22-15-1-6-19-14(11-15)13-29-21(28)25(19)17-7-9-24(10-8-17)12-20(27)23-16-2-4-18(26)5-3-16/h1-6,11,17,26H,7-10,12-13H2,(H,23,27). The molecule has 8 heteroatoms. The molecule has 0 spiro atoms. The number of benzene rings is 2. The number of likely N-dealkylation sites (tertiary alicyclic amines) is 1. The summed E-state index contributed by atoms with van der Waals surface area (Å²) in [6.07, 6.45) is 1.18. The Morgan fingerprint density at radius 3 is 2.62 bits per heavy atom. The van der Waals surface area contributed by atoms with Crippen LogP contribution in [0.15, 0.2) is 42.5 Å². The van der Waals surface area contributed by atoms with E-state index in [1.165, 1.54) is 12.1 Å². The molecule has 152 valence electrons. The second kappa shape index (κ2) is 8.31. The predicted octanol–water partition coefficient (Wildman–Crippen LogP) is 3.61. The molecular weight excluding hydrogens is 394 g/mol. The summed E-state index contributed by atoms with van der Waals surface area (Å²) in [6.45, 7) is 1.94. The molecule has 0 atom stereocenters. The normalized spacial score (nSPS) is 17.6. The second-order valence-electron chi connectivity index (χ2n) is 7.30. The van der Waals surface area contributed by atoms with Gasteiger partial charge in [0.1, 0.15) is 12.4 Å². The Labute approximate surface area is 173 Å². The first-order valence-corrected chi connectivity index (χ1v) is 9.93. The Bertz CT molecular complexity index is 911. The monoisotopic (exact) mass is 415 g/mol. The SMILES string of the molecule is O=C(CN1CCC(N2C(=O)OCc3cc(Cl)ccc32)CC1)Nc1ccc(O)cc1. The second-order valence-corrected chi connectivity index (χ2v) is 7.74. The fourth-order valence-electron chi connectivity index (χ4n) is 3.84. The van der Waals surface area contributed by atoms with E-state index < -0.39 is 0 Å². The van der Waals surface area contributed by atoms with Crippen molar-refractivity contribution >= 4 is 35.0 Å². The first-order valence-electron chi connectivity index (χ1n) is 9.55. The van der Waals surface area contributed by atoms with Crippen molar-refractivity contribution in [1.82, 2.24) is 4.90 Å². The van der Waals surface area contributed by atoms with Crippen LogP contribution >= 0.6 is 11.6 Å². The number of carbonyl (C=O) groups excluding carboxylic acids is 2. The molecule has 1 saturated heterocycles. The van der Waals surface area contributed by atoms with Gasteiger partial charge in [-0.3, -0.25) is 14.6 Å². The van der Waals surface area contributed by atoms with Gasteiger partial charge in [-0.1, -0.05) is 11.6 Å². The third kappa shape index (κ3) is 4.46. The zero-order valence-electron chi connectivity index (χ0n) is 15.8. The van der Waals surface area contributed by atoms with E-state index >= 15 is 0 Å². The Hall–Kier alpha value is -2.77. The van der Waals surface area contributed by atoms with Crippen molar-refractivity contribution in [1.29, 1.82) is 0 Å². The third-order valence-electron chi connectivity index (χ3n) is 5.29. The highest BCUT2D eigenvalue weighted by molar-refractivity contribution is 6.30.